The molecule has 1 heterocycles. The standard InChI is InChI=1S/C14H23N3O5S/c1-6-10(2)17(9-13(18)19)14(20)12-7-11(8-16(12)5)23(21,22)15(3)4/h7-8,10H,6,9H2,1-5H3,(H,18,19). The molecule has 0 fully saturated rings. The third-order valence-electron chi connectivity index (χ3n) is 3.67. The van der Waals surface area contributed by atoms with Crippen molar-refractivity contribution in [3.05, 3.63) is 18.0 Å². The molecule has 0 aliphatic heterocycles. The molecule has 8 nitrogen and oxygen atoms in total. The smallest absolute Gasteiger partial charge is 0.323 e. The lowest BCUT2D eigenvalue weighted by molar-refractivity contribution is -0.138. The van der Waals surface area contributed by atoms with Crippen LogP contribution in [0.5, 0.6) is 0 Å². The molecule has 0 saturated heterocycles. The monoisotopic (exact) mass is 345 g/mol. The van der Waals surface area contributed by atoms with Gasteiger partial charge in [-0.2, -0.15) is 0 Å². The zero-order valence-electron chi connectivity index (χ0n) is 14.0. The van der Waals surface area contributed by atoms with Gasteiger partial charge >= 0.3 is 5.97 Å². The zero-order valence-corrected chi connectivity index (χ0v) is 14.8. The molecule has 0 spiro atoms. The highest BCUT2D eigenvalue weighted by Gasteiger charge is 2.28. The van der Waals surface area contributed by atoms with E-state index in [1.54, 1.807) is 14.0 Å². The van der Waals surface area contributed by atoms with E-state index in [0.29, 0.717) is 6.42 Å². The van der Waals surface area contributed by atoms with Crippen LogP contribution in [0.15, 0.2) is 17.2 Å². The second kappa shape index (κ2) is 7.14. The van der Waals surface area contributed by atoms with Crippen LogP contribution in [-0.4, -0.2) is 65.9 Å². The Bertz CT molecular complexity index is 693. The quantitative estimate of drug-likeness (QED) is 0.780. The van der Waals surface area contributed by atoms with E-state index in [-0.39, 0.29) is 16.6 Å². The van der Waals surface area contributed by atoms with Gasteiger partial charge in [-0.15, -0.1) is 0 Å². The Hall–Kier alpha value is -1.87. The SMILES string of the molecule is CCC(C)N(CC(=O)O)C(=O)c1cc(S(=O)(=O)N(C)C)cn1C. The normalized spacial score (nSPS) is 13.1. The highest BCUT2D eigenvalue weighted by atomic mass is 32.2. The van der Waals surface area contributed by atoms with Crippen molar-refractivity contribution in [3.63, 3.8) is 0 Å². The number of carboxylic acid groups (broad SMARTS) is 1. The van der Waals surface area contributed by atoms with E-state index in [2.05, 4.69) is 0 Å². The van der Waals surface area contributed by atoms with Crippen LogP contribution >= 0.6 is 0 Å². The van der Waals surface area contributed by atoms with Crippen molar-refractivity contribution in [2.75, 3.05) is 20.6 Å². The molecule has 0 saturated carbocycles. The molecule has 1 unspecified atom stereocenters. The summed E-state index contributed by atoms with van der Waals surface area (Å²) in [7, 11) is 0.697. The van der Waals surface area contributed by atoms with Crippen LogP contribution in [0.25, 0.3) is 0 Å². The maximum Gasteiger partial charge on any atom is 0.323 e. The van der Waals surface area contributed by atoms with Crippen LogP contribution in [0.3, 0.4) is 0 Å². The molecule has 9 heteroatoms. The fraction of sp³-hybridized carbons (Fsp3) is 0.571. The van der Waals surface area contributed by atoms with Gasteiger partial charge in [0.15, 0.2) is 0 Å². The lowest BCUT2D eigenvalue weighted by Crippen LogP contribution is -2.42. The number of aryl methyl sites for hydroxylation is 1. The molecule has 0 aliphatic carbocycles. The first kappa shape index (κ1) is 19.2. The van der Waals surface area contributed by atoms with Crippen molar-refractivity contribution in [3.8, 4) is 0 Å². The van der Waals surface area contributed by atoms with Gasteiger partial charge in [-0.05, 0) is 19.4 Å². The van der Waals surface area contributed by atoms with Crippen LogP contribution in [-0.2, 0) is 21.9 Å². The van der Waals surface area contributed by atoms with Crippen LogP contribution in [0.4, 0.5) is 0 Å². The Balaban J connectivity index is 3.26. The fourth-order valence-electron chi connectivity index (χ4n) is 2.04. The minimum Gasteiger partial charge on any atom is -0.480 e. The molecule has 0 aromatic carbocycles. The number of sulfonamides is 1. The van der Waals surface area contributed by atoms with Gasteiger partial charge in [0, 0.05) is 33.4 Å². The average molecular weight is 345 g/mol. The first-order valence-corrected chi connectivity index (χ1v) is 8.58. The number of carboxylic acids is 1. The van der Waals surface area contributed by atoms with Gasteiger partial charge in [0.2, 0.25) is 10.0 Å². The van der Waals surface area contributed by atoms with Gasteiger partial charge < -0.3 is 14.6 Å². The number of amides is 1. The second-order valence-electron chi connectivity index (χ2n) is 5.54. The summed E-state index contributed by atoms with van der Waals surface area (Å²) in [6, 6.07) is 0.997. The van der Waals surface area contributed by atoms with E-state index in [1.165, 1.54) is 35.8 Å². The molecule has 1 amide bonds. The van der Waals surface area contributed by atoms with Gasteiger partial charge in [-0.3, -0.25) is 9.59 Å². The van der Waals surface area contributed by atoms with E-state index in [0.717, 1.165) is 4.31 Å². The molecule has 1 N–H and O–H groups in total. The maximum atomic E-state index is 12.6. The number of rotatable bonds is 7. The van der Waals surface area contributed by atoms with E-state index in [1.807, 2.05) is 6.92 Å². The van der Waals surface area contributed by atoms with Crippen molar-refractivity contribution in [2.45, 2.75) is 31.2 Å². The van der Waals surface area contributed by atoms with E-state index in [4.69, 9.17) is 5.11 Å². The summed E-state index contributed by atoms with van der Waals surface area (Å²) < 4.78 is 26.8. The lowest BCUT2D eigenvalue weighted by Gasteiger charge is -2.27. The first-order chi connectivity index (χ1) is 10.5. The number of nitrogens with zero attached hydrogens (tertiary/aromatic N) is 3. The minimum atomic E-state index is -3.66. The first-order valence-electron chi connectivity index (χ1n) is 7.14. The van der Waals surface area contributed by atoms with Crippen LogP contribution in [0.1, 0.15) is 30.8 Å². The van der Waals surface area contributed by atoms with Crippen molar-refractivity contribution in [1.82, 2.24) is 13.8 Å². The molecule has 1 aromatic rings. The molecule has 1 aromatic heterocycles. The van der Waals surface area contributed by atoms with Crippen molar-refractivity contribution in [2.24, 2.45) is 7.05 Å². The molecule has 130 valence electrons. The number of aliphatic carboxylic acids is 1. The van der Waals surface area contributed by atoms with Crippen molar-refractivity contribution in [1.29, 1.82) is 0 Å². The summed E-state index contributed by atoms with van der Waals surface area (Å²) in [5.41, 5.74) is 0.131. The predicted octanol–water partition coefficient (Wildman–Crippen LogP) is 0.601. The molecule has 1 rings (SSSR count). The average Bonchev–Trinajstić information content (AvgIpc) is 2.85. The number of hydrogen-bond acceptors (Lipinski definition) is 4. The van der Waals surface area contributed by atoms with Gasteiger partial charge in [0.25, 0.3) is 5.91 Å². The van der Waals surface area contributed by atoms with Gasteiger partial charge in [0.1, 0.15) is 17.1 Å². The number of carbonyl (C=O) groups is 2. The predicted molar refractivity (Wildman–Crippen MR) is 84.7 cm³/mol. The van der Waals surface area contributed by atoms with E-state index in [9.17, 15) is 18.0 Å². The molecular formula is C14H23N3O5S. The molecule has 0 bridgehead atoms. The molecule has 1 atom stereocenters. The number of aromatic nitrogens is 1. The van der Waals surface area contributed by atoms with Gasteiger partial charge in [-0.25, -0.2) is 12.7 Å². The maximum absolute atomic E-state index is 12.6. The summed E-state index contributed by atoms with van der Waals surface area (Å²) in [6.45, 7) is 3.16. The summed E-state index contributed by atoms with van der Waals surface area (Å²) in [5, 5.41) is 9.00. The Morgan fingerprint density at radius 3 is 2.35 bits per heavy atom. The Morgan fingerprint density at radius 2 is 1.91 bits per heavy atom. The minimum absolute atomic E-state index is 0.00669. The summed E-state index contributed by atoms with van der Waals surface area (Å²) in [6.07, 6.45) is 1.93. The van der Waals surface area contributed by atoms with Crippen molar-refractivity contribution < 1.29 is 23.1 Å². The highest BCUT2D eigenvalue weighted by molar-refractivity contribution is 7.89. The number of carbonyl (C=O) groups excluding carboxylic acids is 1. The summed E-state index contributed by atoms with van der Waals surface area (Å²) in [5.74, 6) is -1.63. The van der Waals surface area contributed by atoms with E-state index < -0.39 is 28.4 Å². The highest BCUT2D eigenvalue weighted by Crippen LogP contribution is 2.19. The second-order valence-corrected chi connectivity index (χ2v) is 7.70. The van der Waals surface area contributed by atoms with Gasteiger partial charge in [0.05, 0.1) is 0 Å². The largest absolute Gasteiger partial charge is 0.480 e. The third kappa shape index (κ3) is 4.11. The van der Waals surface area contributed by atoms with Crippen molar-refractivity contribution >= 4 is 21.9 Å². The van der Waals surface area contributed by atoms with Gasteiger partial charge in [-0.1, -0.05) is 6.92 Å². The Morgan fingerprint density at radius 1 is 1.35 bits per heavy atom. The van der Waals surface area contributed by atoms with Crippen LogP contribution < -0.4 is 0 Å². The molecule has 0 radical (unpaired) electrons. The van der Waals surface area contributed by atoms with Crippen LogP contribution in [0, 0.1) is 0 Å². The Kier molecular flexibility index (Phi) is 5.95. The number of hydrogen-bond donors (Lipinski definition) is 1. The summed E-state index contributed by atoms with van der Waals surface area (Å²) >= 11 is 0. The zero-order chi connectivity index (χ0) is 17.9. The topological polar surface area (TPSA) is 99.9 Å². The van der Waals surface area contributed by atoms with E-state index >= 15 is 0 Å². The molecular weight excluding hydrogens is 322 g/mol. The molecule has 0 aliphatic rings. The fourth-order valence-corrected chi connectivity index (χ4v) is 3.01. The Labute approximate surface area is 136 Å². The van der Waals surface area contributed by atoms with Crippen LogP contribution in [0.2, 0.25) is 0 Å². The lowest BCUT2D eigenvalue weighted by atomic mass is 10.2. The third-order valence-corrected chi connectivity index (χ3v) is 5.45. The summed E-state index contributed by atoms with van der Waals surface area (Å²) in [4.78, 5) is 24.9. The molecule has 23 heavy (non-hydrogen) atoms.